The van der Waals surface area contributed by atoms with E-state index in [0.29, 0.717) is 5.69 Å². The van der Waals surface area contributed by atoms with Gasteiger partial charge in [-0.2, -0.15) is 13.2 Å². The van der Waals surface area contributed by atoms with E-state index in [2.05, 4.69) is 22.2 Å². The molecular weight excluding hydrogens is 347 g/mol. The molecule has 1 aromatic heterocycles. The van der Waals surface area contributed by atoms with E-state index in [9.17, 15) is 13.2 Å². The Morgan fingerprint density at radius 2 is 1.92 bits per heavy atom. The van der Waals surface area contributed by atoms with E-state index in [1.54, 1.807) is 17.4 Å². The molecular formula is C18H22F3N3S. The van der Waals surface area contributed by atoms with Crippen LogP contribution in [0.25, 0.3) is 0 Å². The van der Waals surface area contributed by atoms with E-state index < -0.39 is 11.7 Å². The van der Waals surface area contributed by atoms with Gasteiger partial charge >= 0.3 is 6.18 Å². The zero-order chi connectivity index (χ0) is 17.9. The molecule has 1 fully saturated rings. The fraction of sp³-hybridized carbons (Fsp3) is 0.500. The first-order valence-corrected chi connectivity index (χ1v) is 9.41. The van der Waals surface area contributed by atoms with Gasteiger partial charge in [-0.15, -0.1) is 11.3 Å². The molecule has 1 aliphatic rings. The third kappa shape index (κ3) is 4.73. The van der Waals surface area contributed by atoms with E-state index >= 15 is 0 Å². The molecule has 0 radical (unpaired) electrons. The molecule has 1 saturated heterocycles. The molecule has 0 atom stereocenters. The molecule has 3 rings (SSSR count). The molecule has 1 aromatic carbocycles. The minimum atomic E-state index is -4.29. The summed E-state index contributed by atoms with van der Waals surface area (Å²) in [4.78, 5) is 8.99. The number of thiazole rings is 1. The van der Waals surface area contributed by atoms with Crippen LogP contribution in [0.3, 0.4) is 0 Å². The number of halogens is 3. The van der Waals surface area contributed by atoms with Crippen LogP contribution in [-0.2, 0) is 19.1 Å². The summed E-state index contributed by atoms with van der Waals surface area (Å²) in [5.41, 5.74) is 1.16. The molecule has 1 aliphatic heterocycles. The lowest BCUT2D eigenvalue weighted by Crippen LogP contribution is -2.46. The second kappa shape index (κ2) is 7.74. The van der Waals surface area contributed by atoms with Crippen molar-refractivity contribution in [1.82, 2.24) is 9.88 Å². The van der Waals surface area contributed by atoms with Crippen LogP contribution in [0.1, 0.15) is 29.6 Å². The monoisotopic (exact) mass is 369 g/mol. The number of aryl methyl sites for hydroxylation is 1. The molecule has 0 spiro atoms. The molecule has 0 N–H and O–H groups in total. The van der Waals surface area contributed by atoms with Crippen LogP contribution in [0, 0.1) is 0 Å². The first kappa shape index (κ1) is 18.2. The molecule has 2 aromatic rings. The van der Waals surface area contributed by atoms with Crippen LogP contribution in [-0.4, -0.2) is 36.1 Å². The van der Waals surface area contributed by atoms with Gasteiger partial charge in [0.2, 0.25) is 0 Å². The average molecular weight is 369 g/mol. The number of alkyl halides is 3. The predicted molar refractivity (Wildman–Crippen MR) is 95.0 cm³/mol. The summed E-state index contributed by atoms with van der Waals surface area (Å²) in [5, 5.41) is 3.30. The molecule has 0 unspecified atom stereocenters. The zero-order valence-corrected chi connectivity index (χ0v) is 15.0. The summed E-state index contributed by atoms with van der Waals surface area (Å²) in [5.74, 6) is 0. The topological polar surface area (TPSA) is 19.4 Å². The largest absolute Gasteiger partial charge is 0.416 e. The highest BCUT2D eigenvalue weighted by atomic mass is 32.1. The quantitative estimate of drug-likeness (QED) is 0.777. The fourth-order valence-corrected chi connectivity index (χ4v) is 3.91. The minimum Gasteiger partial charge on any atom is -0.369 e. The molecule has 2 heterocycles. The smallest absolute Gasteiger partial charge is 0.369 e. The average Bonchev–Trinajstić information content (AvgIpc) is 3.02. The number of hydrogen-bond acceptors (Lipinski definition) is 4. The van der Waals surface area contributed by atoms with Crippen molar-refractivity contribution < 1.29 is 13.2 Å². The van der Waals surface area contributed by atoms with Gasteiger partial charge in [-0.3, -0.25) is 4.90 Å². The predicted octanol–water partition coefficient (Wildman–Crippen LogP) is 4.44. The fourth-order valence-electron chi connectivity index (χ4n) is 3.02. The summed E-state index contributed by atoms with van der Waals surface area (Å²) >= 11 is 1.71. The summed E-state index contributed by atoms with van der Waals surface area (Å²) in [7, 11) is 0. The highest BCUT2D eigenvalue weighted by molar-refractivity contribution is 7.09. The van der Waals surface area contributed by atoms with Crippen molar-refractivity contribution in [3.63, 3.8) is 0 Å². The van der Waals surface area contributed by atoms with Crippen molar-refractivity contribution in [3.8, 4) is 0 Å². The summed E-state index contributed by atoms with van der Waals surface area (Å²) in [6.45, 7) is 6.08. The molecule has 136 valence electrons. The number of nitrogens with zero attached hydrogens (tertiary/aromatic N) is 3. The van der Waals surface area contributed by atoms with Crippen LogP contribution >= 0.6 is 11.3 Å². The van der Waals surface area contributed by atoms with Crippen molar-refractivity contribution >= 4 is 17.0 Å². The highest BCUT2D eigenvalue weighted by Gasteiger charge is 2.31. The SMILES string of the molecule is CCCc1nc(CN2CCN(c3cccc(C(F)(F)F)c3)CC2)cs1. The van der Waals surface area contributed by atoms with Gasteiger partial charge in [-0.25, -0.2) is 4.98 Å². The summed E-state index contributed by atoms with van der Waals surface area (Å²) in [6.07, 6.45) is -2.17. The second-order valence-corrected chi connectivity index (χ2v) is 7.24. The molecule has 0 saturated carbocycles. The lowest BCUT2D eigenvalue weighted by atomic mass is 10.1. The Balaban J connectivity index is 1.56. The van der Waals surface area contributed by atoms with E-state index in [4.69, 9.17) is 0 Å². The van der Waals surface area contributed by atoms with Gasteiger partial charge in [0.1, 0.15) is 0 Å². The maximum Gasteiger partial charge on any atom is 0.416 e. The Morgan fingerprint density at radius 1 is 1.16 bits per heavy atom. The third-order valence-electron chi connectivity index (χ3n) is 4.36. The first-order chi connectivity index (χ1) is 12.0. The van der Waals surface area contributed by atoms with Gasteiger partial charge in [0.25, 0.3) is 0 Å². The van der Waals surface area contributed by atoms with Crippen LogP contribution in [0.2, 0.25) is 0 Å². The van der Waals surface area contributed by atoms with Crippen molar-refractivity contribution in [2.75, 3.05) is 31.1 Å². The van der Waals surface area contributed by atoms with Crippen LogP contribution in [0.15, 0.2) is 29.6 Å². The Morgan fingerprint density at radius 3 is 2.60 bits per heavy atom. The van der Waals surface area contributed by atoms with Crippen molar-refractivity contribution in [2.24, 2.45) is 0 Å². The standard InChI is InChI=1S/C18H22F3N3S/c1-2-4-17-22-15(13-25-17)12-23-7-9-24(10-8-23)16-6-3-5-14(11-16)18(19,20)21/h3,5-6,11,13H,2,4,7-10,12H2,1H3. The van der Waals surface area contributed by atoms with Crippen molar-refractivity contribution in [1.29, 1.82) is 0 Å². The number of hydrogen-bond donors (Lipinski definition) is 0. The van der Waals surface area contributed by atoms with E-state index in [-0.39, 0.29) is 0 Å². The van der Waals surface area contributed by atoms with Gasteiger partial charge in [-0.1, -0.05) is 13.0 Å². The lowest BCUT2D eigenvalue weighted by Gasteiger charge is -2.36. The van der Waals surface area contributed by atoms with Gasteiger partial charge < -0.3 is 4.90 Å². The minimum absolute atomic E-state index is 0.585. The zero-order valence-electron chi connectivity index (χ0n) is 14.2. The number of benzene rings is 1. The van der Waals surface area contributed by atoms with E-state index in [0.717, 1.165) is 57.3 Å². The van der Waals surface area contributed by atoms with E-state index in [1.165, 1.54) is 17.1 Å². The van der Waals surface area contributed by atoms with Gasteiger partial charge in [0, 0.05) is 43.8 Å². The Labute approximate surface area is 150 Å². The summed E-state index contributed by atoms with van der Waals surface area (Å²) in [6, 6.07) is 5.60. The van der Waals surface area contributed by atoms with Gasteiger partial charge in [0.15, 0.2) is 0 Å². The highest BCUT2D eigenvalue weighted by Crippen LogP contribution is 2.32. The van der Waals surface area contributed by atoms with Crippen LogP contribution < -0.4 is 4.90 Å². The molecule has 25 heavy (non-hydrogen) atoms. The molecule has 0 bridgehead atoms. The third-order valence-corrected chi connectivity index (χ3v) is 5.32. The van der Waals surface area contributed by atoms with Gasteiger partial charge in [-0.05, 0) is 31.0 Å². The first-order valence-electron chi connectivity index (χ1n) is 8.53. The maximum absolute atomic E-state index is 12.9. The normalized spacial score (nSPS) is 16.4. The van der Waals surface area contributed by atoms with E-state index in [1.807, 2.05) is 4.90 Å². The van der Waals surface area contributed by atoms with Crippen LogP contribution in [0.4, 0.5) is 18.9 Å². The molecule has 0 amide bonds. The molecule has 0 aliphatic carbocycles. The number of rotatable bonds is 5. The number of piperazine rings is 1. The van der Waals surface area contributed by atoms with Gasteiger partial charge in [0.05, 0.1) is 16.3 Å². The summed E-state index contributed by atoms with van der Waals surface area (Å²) < 4.78 is 38.6. The number of anilines is 1. The second-order valence-electron chi connectivity index (χ2n) is 6.29. The van der Waals surface area contributed by atoms with Crippen LogP contribution in [0.5, 0.6) is 0 Å². The lowest BCUT2D eigenvalue weighted by molar-refractivity contribution is -0.137. The maximum atomic E-state index is 12.9. The Kier molecular flexibility index (Phi) is 5.64. The Hall–Kier alpha value is -1.60. The molecule has 3 nitrogen and oxygen atoms in total. The number of aromatic nitrogens is 1. The molecule has 7 heteroatoms. The Bertz CT molecular complexity index is 691. The van der Waals surface area contributed by atoms with Crippen molar-refractivity contribution in [2.45, 2.75) is 32.5 Å². The van der Waals surface area contributed by atoms with Crippen molar-refractivity contribution in [3.05, 3.63) is 45.9 Å².